The molecule has 0 saturated heterocycles. The Labute approximate surface area is 128 Å². The Balaban J connectivity index is 2.48. The van der Waals surface area contributed by atoms with Crippen molar-refractivity contribution in [2.24, 2.45) is 17.8 Å². The van der Waals surface area contributed by atoms with E-state index in [1.54, 1.807) is 0 Å². The molecule has 2 N–H and O–H groups in total. The molecule has 0 aromatic heterocycles. The number of carbonyl (C=O) groups is 2. The minimum absolute atomic E-state index is 0.0980. The number of hydrogen-bond donors (Lipinski definition) is 2. The molecule has 1 aliphatic rings. The molecule has 0 heterocycles. The Morgan fingerprint density at radius 3 is 2.14 bits per heavy atom. The first-order valence-electron chi connectivity index (χ1n) is 8.00. The van der Waals surface area contributed by atoms with Gasteiger partial charge >= 0.3 is 5.97 Å². The molecule has 0 aromatic carbocycles. The van der Waals surface area contributed by atoms with Gasteiger partial charge < -0.3 is 10.4 Å². The van der Waals surface area contributed by atoms with Crippen LogP contribution < -0.4 is 5.32 Å². The molecule has 0 aliphatic heterocycles. The fraction of sp³-hybridized carbons (Fsp3) is 0.875. The average molecular weight is 298 g/mol. The molecule has 1 aliphatic carbocycles. The van der Waals surface area contributed by atoms with Gasteiger partial charge in [0.05, 0.1) is 11.8 Å². The second kappa shape index (κ2) is 7.78. The highest BCUT2D eigenvalue weighted by Gasteiger charge is 2.41. The summed E-state index contributed by atoms with van der Waals surface area (Å²) < 4.78 is 0. The Kier molecular flexibility index (Phi) is 6.65. The van der Waals surface area contributed by atoms with Gasteiger partial charge in [-0.25, -0.2) is 0 Å². The molecule has 0 radical (unpaired) electrons. The standard InChI is InChI=1S/C16H30N2O3/c1-10(2)18(11(3)4)7-6-17-15(19)13-8-12(5)9-14(13)16(20)21/h10-14H,6-9H2,1-5H3,(H,17,19)(H,20,21)/t12?,13-,14+/m0/s1. The summed E-state index contributed by atoms with van der Waals surface area (Å²) in [4.78, 5) is 25.8. The lowest BCUT2D eigenvalue weighted by Gasteiger charge is -2.30. The summed E-state index contributed by atoms with van der Waals surface area (Å²) in [5.74, 6) is -1.52. The van der Waals surface area contributed by atoms with Gasteiger partial charge in [-0.05, 0) is 46.5 Å². The van der Waals surface area contributed by atoms with Crippen molar-refractivity contribution in [3.8, 4) is 0 Å². The Bertz CT molecular complexity index is 361. The first kappa shape index (κ1) is 18.0. The Morgan fingerprint density at radius 2 is 1.67 bits per heavy atom. The van der Waals surface area contributed by atoms with Crippen molar-refractivity contribution in [3.63, 3.8) is 0 Å². The molecule has 1 saturated carbocycles. The van der Waals surface area contributed by atoms with Crippen LogP contribution in [-0.4, -0.2) is 47.1 Å². The molecule has 122 valence electrons. The molecule has 1 unspecified atom stereocenters. The van der Waals surface area contributed by atoms with E-state index in [1.165, 1.54) is 0 Å². The number of rotatable bonds is 7. The number of nitrogens with one attached hydrogen (secondary N) is 1. The van der Waals surface area contributed by atoms with Crippen molar-refractivity contribution in [1.29, 1.82) is 0 Å². The van der Waals surface area contributed by atoms with Gasteiger partial charge in [0.25, 0.3) is 0 Å². The van der Waals surface area contributed by atoms with Gasteiger partial charge in [-0.1, -0.05) is 6.92 Å². The van der Waals surface area contributed by atoms with E-state index in [9.17, 15) is 14.7 Å². The lowest BCUT2D eigenvalue weighted by Crippen LogP contribution is -2.44. The summed E-state index contributed by atoms with van der Waals surface area (Å²) in [6, 6.07) is 0.861. The zero-order chi connectivity index (χ0) is 16.2. The number of carbonyl (C=O) groups excluding carboxylic acids is 1. The summed E-state index contributed by atoms with van der Waals surface area (Å²) in [5, 5.41) is 12.1. The summed E-state index contributed by atoms with van der Waals surface area (Å²) in [6.45, 7) is 11.9. The molecular weight excluding hydrogens is 268 g/mol. The van der Waals surface area contributed by atoms with Crippen molar-refractivity contribution >= 4 is 11.9 Å². The van der Waals surface area contributed by atoms with Crippen LogP contribution in [0.4, 0.5) is 0 Å². The molecular formula is C16H30N2O3. The highest BCUT2D eigenvalue weighted by atomic mass is 16.4. The maximum atomic E-state index is 12.2. The normalized spacial score (nSPS) is 25.8. The number of nitrogens with zero attached hydrogens (tertiary/aromatic N) is 1. The van der Waals surface area contributed by atoms with Crippen LogP contribution >= 0.6 is 0 Å². The van der Waals surface area contributed by atoms with Gasteiger partial charge in [-0.15, -0.1) is 0 Å². The summed E-state index contributed by atoms with van der Waals surface area (Å²) in [6.07, 6.45) is 1.29. The predicted molar refractivity (Wildman–Crippen MR) is 83.0 cm³/mol. The van der Waals surface area contributed by atoms with E-state index in [2.05, 4.69) is 37.9 Å². The smallest absolute Gasteiger partial charge is 0.307 e. The van der Waals surface area contributed by atoms with Crippen LogP contribution in [0.25, 0.3) is 0 Å². The first-order valence-corrected chi connectivity index (χ1v) is 8.00. The van der Waals surface area contributed by atoms with Crippen LogP contribution in [0, 0.1) is 17.8 Å². The Morgan fingerprint density at radius 1 is 1.14 bits per heavy atom. The second-order valence-corrected chi connectivity index (χ2v) is 6.84. The third-order valence-electron chi connectivity index (χ3n) is 4.45. The van der Waals surface area contributed by atoms with Gasteiger partial charge in [0.1, 0.15) is 0 Å². The van der Waals surface area contributed by atoms with E-state index in [4.69, 9.17) is 0 Å². The summed E-state index contributed by atoms with van der Waals surface area (Å²) in [7, 11) is 0. The third-order valence-corrected chi connectivity index (χ3v) is 4.45. The highest BCUT2D eigenvalue weighted by molar-refractivity contribution is 5.85. The lowest BCUT2D eigenvalue weighted by atomic mass is 9.95. The zero-order valence-corrected chi connectivity index (χ0v) is 13.9. The van der Waals surface area contributed by atoms with Gasteiger partial charge in [-0.3, -0.25) is 14.5 Å². The van der Waals surface area contributed by atoms with Crippen LogP contribution in [0.15, 0.2) is 0 Å². The number of carboxylic acid groups (broad SMARTS) is 1. The van der Waals surface area contributed by atoms with E-state index >= 15 is 0 Å². The molecule has 1 amide bonds. The largest absolute Gasteiger partial charge is 0.481 e. The van der Waals surface area contributed by atoms with Crippen molar-refractivity contribution in [3.05, 3.63) is 0 Å². The SMILES string of the molecule is CC1C[C@H](C(=O)NCCN(C(C)C)C(C)C)[C@H](C(=O)O)C1. The van der Waals surface area contributed by atoms with Crippen molar-refractivity contribution in [2.75, 3.05) is 13.1 Å². The molecule has 5 heteroatoms. The number of hydrogen-bond acceptors (Lipinski definition) is 3. The monoisotopic (exact) mass is 298 g/mol. The molecule has 5 nitrogen and oxygen atoms in total. The molecule has 0 spiro atoms. The van der Waals surface area contributed by atoms with E-state index in [-0.39, 0.29) is 11.8 Å². The van der Waals surface area contributed by atoms with Crippen LogP contribution in [0.1, 0.15) is 47.5 Å². The summed E-state index contributed by atoms with van der Waals surface area (Å²) in [5.41, 5.74) is 0. The molecule has 0 bridgehead atoms. The highest BCUT2D eigenvalue weighted by Crippen LogP contribution is 2.36. The molecule has 3 atom stereocenters. The zero-order valence-electron chi connectivity index (χ0n) is 13.9. The number of carboxylic acids is 1. The second-order valence-electron chi connectivity index (χ2n) is 6.84. The fourth-order valence-corrected chi connectivity index (χ4v) is 3.41. The molecule has 21 heavy (non-hydrogen) atoms. The summed E-state index contributed by atoms with van der Waals surface area (Å²) >= 11 is 0. The van der Waals surface area contributed by atoms with E-state index in [0.29, 0.717) is 37.4 Å². The lowest BCUT2D eigenvalue weighted by molar-refractivity contribution is -0.146. The van der Waals surface area contributed by atoms with E-state index in [1.807, 2.05) is 6.92 Å². The predicted octanol–water partition coefficient (Wildman–Crippen LogP) is 1.97. The van der Waals surface area contributed by atoms with Crippen molar-refractivity contribution in [1.82, 2.24) is 10.2 Å². The van der Waals surface area contributed by atoms with Crippen LogP contribution in [0.3, 0.4) is 0 Å². The maximum Gasteiger partial charge on any atom is 0.307 e. The van der Waals surface area contributed by atoms with Crippen LogP contribution in [0.5, 0.6) is 0 Å². The minimum atomic E-state index is -0.842. The molecule has 1 fully saturated rings. The average Bonchev–Trinajstić information content (AvgIpc) is 2.75. The quantitative estimate of drug-likeness (QED) is 0.754. The van der Waals surface area contributed by atoms with E-state index < -0.39 is 11.9 Å². The van der Waals surface area contributed by atoms with Crippen LogP contribution in [0.2, 0.25) is 0 Å². The Hall–Kier alpha value is -1.10. The topological polar surface area (TPSA) is 69.6 Å². The first-order chi connectivity index (χ1) is 9.73. The molecule has 1 rings (SSSR count). The number of aliphatic carboxylic acids is 1. The van der Waals surface area contributed by atoms with Crippen molar-refractivity contribution < 1.29 is 14.7 Å². The van der Waals surface area contributed by atoms with Crippen molar-refractivity contribution in [2.45, 2.75) is 59.5 Å². The van der Waals surface area contributed by atoms with Gasteiger partial charge in [0.2, 0.25) is 5.91 Å². The molecule has 0 aromatic rings. The maximum absolute atomic E-state index is 12.2. The minimum Gasteiger partial charge on any atom is -0.481 e. The fourth-order valence-electron chi connectivity index (χ4n) is 3.41. The van der Waals surface area contributed by atoms with Gasteiger partial charge in [0, 0.05) is 25.2 Å². The van der Waals surface area contributed by atoms with Gasteiger partial charge in [-0.2, -0.15) is 0 Å². The third kappa shape index (κ3) is 4.99. The van der Waals surface area contributed by atoms with E-state index in [0.717, 1.165) is 6.54 Å². The number of amides is 1. The van der Waals surface area contributed by atoms with Gasteiger partial charge in [0.15, 0.2) is 0 Å². The van der Waals surface area contributed by atoms with Crippen LogP contribution in [-0.2, 0) is 9.59 Å².